The fraction of sp³-hybridized carbons (Fsp3) is 0.938. The Morgan fingerprint density at radius 3 is 2.45 bits per heavy atom. The average Bonchev–Trinajstić information content (AvgIpc) is 2.88. The second-order valence-corrected chi connectivity index (χ2v) is 16.0. The van der Waals surface area contributed by atoms with Crippen LogP contribution in [0.25, 0.3) is 0 Å². The smallest absolute Gasteiger partial charge is 0.100 e. The lowest BCUT2D eigenvalue weighted by Gasteiger charge is -2.47. The molecule has 0 bridgehead atoms. The summed E-state index contributed by atoms with van der Waals surface area (Å²) in [6.07, 6.45) is 15.7. The zero-order valence-electron chi connectivity index (χ0n) is 24.8. The molecule has 4 aliphatic rings. The molecule has 0 spiro atoms. The standard InChI is InChI=1S/C32H57ClFN3S/c1-23(2)31(21-37-17-16-30(32(3,4)22-37)26-8-10-27(33)11-9-26)35-19-24-6-5-7-25(18-24)20-36-38-29-14-12-28(34)13-15-29/h8,23-25,27-31,35-36H,5-7,9-22H2,1-4H3/t24?,25?,27?,28?,29?,30-,31+/m1/s1. The molecule has 3 unspecified atom stereocenters. The summed E-state index contributed by atoms with van der Waals surface area (Å²) in [4.78, 5) is 2.75. The van der Waals surface area contributed by atoms with Crippen molar-refractivity contribution in [1.29, 1.82) is 0 Å². The lowest BCUT2D eigenvalue weighted by molar-refractivity contribution is 0.0590. The lowest BCUT2D eigenvalue weighted by atomic mass is 9.68. The van der Waals surface area contributed by atoms with Crippen LogP contribution in [0.4, 0.5) is 4.39 Å². The molecule has 1 heterocycles. The molecule has 0 aromatic rings. The van der Waals surface area contributed by atoms with Crippen LogP contribution >= 0.6 is 23.5 Å². The van der Waals surface area contributed by atoms with Crippen LogP contribution in [-0.4, -0.2) is 60.5 Å². The summed E-state index contributed by atoms with van der Waals surface area (Å²) in [5.41, 5.74) is 2.02. The summed E-state index contributed by atoms with van der Waals surface area (Å²) >= 11 is 8.27. The monoisotopic (exact) mass is 569 g/mol. The maximum Gasteiger partial charge on any atom is 0.100 e. The molecule has 3 fully saturated rings. The molecule has 6 heteroatoms. The van der Waals surface area contributed by atoms with E-state index in [0.29, 0.717) is 28.0 Å². The van der Waals surface area contributed by atoms with E-state index in [1.807, 2.05) is 11.9 Å². The van der Waals surface area contributed by atoms with Crippen LogP contribution in [-0.2, 0) is 0 Å². The Morgan fingerprint density at radius 2 is 1.79 bits per heavy atom. The molecule has 220 valence electrons. The predicted molar refractivity (Wildman–Crippen MR) is 165 cm³/mol. The number of alkyl halides is 2. The normalized spacial score (nSPS) is 35.7. The van der Waals surface area contributed by atoms with E-state index in [4.69, 9.17) is 11.6 Å². The number of allylic oxidation sites excluding steroid dienone is 2. The van der Waals surface area contributed by atoms with Crippen LogP contribution in [0.15, 0.2) is 11.6 Å². The Morgan fingerprint density at radius 1 is 1.05 bits per heavy atom. The van der Waals surface area contributed by atoms with E-state index in [1.54, 1.807) is 5.57 Å². The summed E-state index contributed by atoms with van der Waals surface area (Å²) in [6, 6.07) is 0.563. The SMILES string of the molecule is CC(C)[C@H](CN1CC[C@H](C2=CCC(Cl)CC2)C(C)(C)C1)NCC1CCCC(CNSC2CCC(F)CC2)C1. The van der Waals surface area contributed by atoms with Crippen molar-refractivity contribution >= 4 is 23.5 Å². The third-order valence-electron chi connectivity index (χ3n) is 10.2. The molecule has 2 saturated carbocycles. The highest BCUT2D eigenvalue weighted by Crippen LogP contribution is 2.43. The Hall–Kier alpha value is 0.190. The van der Waals surface area contributed by atoms with E-state index >= 15 is 0 Å². The minimum absolute atomic E-state index is 0.331. The van der Waals surface area contributed by atoms with Gasteiger partial charge in [0.05, 0.1) is 0 Å². The van der Waals surface area contributed by atoms with Crippen LogP contribution in [0.3, 0.4) is 0 Å². The molecule has 1 saturated heterocycles. The first kappa shape index (κ1) is 31.1. The molecule has 0 aromatic carbocycles. The zero-order chi connectivity index (χ0) is 27.1. The summed E-state index contributed by atoms with van der Waals surface area (Å²) in [5, 5.41) is 5.01. The summed E-state index contributed by atoms with van der Waals surface area (Å²) in [5.74, 6) is 2.96. The number of piperidine rings is 1. The number of likely N-dealkylation sites (tertiary alicyclic amines) is 1. The van der Waals surface area contributed by atoms with Crippen molar-refractivity contribution in [2.75, 3.05) is 32.7 Å². The molecule has 0 radical (unpaired) electrons. The van der Waals surface area contributed by atoms with Crippen molar-refractivity contribution in [3.05, 3.63) is 11.6 Å². The summed E-state index contributed by atoms with van der Waals surface area (Å²) in [7, 11) is 0. The first-order valence-corrected chi connectivity index (χ1v) is 17.3. The molecule has 3 nitrogen and oxygen atoms in total. The largest absolute Gasteiger partial charge is 0.312 e. The second-order valence-electron chi connectivity index (χ2n) is 14.2. The molecule has 1 aliphatic heterocycles. The van der Waals surface area contributed by atoms with Crippen molar-refractivity contribution in [2.24, 2.45) is 29.1 Å². The fourth-order valence-corrected chi connectivity index (χ4v) is 9.03. The topological polar surface area (TPSA) is 27.3 Å². The maximum absolute atomic E-state index is 13.4. The highest BCUT2D eigenvalue weighted by atomic mass is 35.5. The minimum atomic E-state index is -0.551. The number of nitrogens with one attached hydrogen (secondary N) is 2. The third kappa shape index (κ3) is 9.36. The van der Waals surface area contributed by atoms with Crippen molar-refractivity contribution in [1.82, 2.24) is 14.9 Å². The van der Waals surface area contributed by atoms with Crippen molar-refractivity contribution < 1.29 is 4.39 Å². The Balaban J connectivity index is 1.18. The van der Waals surface area contributed by atoms with Crippen molar-refractivity contribution in [2.45, 2.75) is 128 Å². The number of rotatable bonds is 11. The molecule has 3 aliphatic carbocycles. The Labute approximate surface area is 243 Å². The Kier molecular flexibility index (Phi) is 12.2. The Bertz CT molecular complexity index is 738. The molecule has 0 aromatic heterocycles. The molecular formula is C32H57ClFN3S. The minimum Gasteiger partial charge on any atom is -0.312 e. The maximum atomic E-state index is 13.4. The van der Waals surface area contributed by atoms with E-state index in [2.05, 4.69) is 48.7 Å². The first-order chi connectivity index (χ1) is 18.2. The highest BCUT2D eigenvalue weighted by Gasteiger charge is 2.39. The second kappa shape index (κ2) is 14.9. The van der Waals surface area contributed by atoms with Gasteiger partial charge in [-0.05, 0) is 113 Å². The van der Waals surface area contributed by atoms with Gasteiger partial charge in [0.1, 0.15) is 6.17 Å². The molecule has 0 amide bonds. The number of nitrogens with zero attached hydrogens (tertiary/aromatic N) is 1. The van der Waals surface area contributed by atoms with E-state index in [-0.39, 0.29) is 0 Å². The van der Waals surface area contributed by atoms with Gasteiger partial charge in [0, 0.05) is 36.3 Å². The molecule has 4 rings (SSSR count). The zero-order valence-corrected chi connectivity index (χ0v) is 26.4. The van der Waals surface area contributed by atoms with Crippen LogP contribution in [0, 0.1) is 29.1 Å². The number of halogens is 2. The van der Waals surface area contributed by atoms with Gasteiger partial charge in [0.15, 0.2) is 0 Å². The lowest BCUT2D eigenvalue weighted by Crippen LogP contribution is -2.52. The van der Waals surface area contributed by atoms with Crippen molar-refractivity contribution in [3.63, 3.8) is 0 Å². The molecule has 38 heavy (non-hydrogen) atoms. The van der Waals surface area contributed by atoms with Crippen LogP contribution < -0.4 is 10.0 Å². The average molecular weight is 570 g/mol. The van der Waals surface area contributed by atoms with E-state index in [9.17, 15) is 4.39 Å². The van der Waals surface area contributed by atoms with Crippen LogP contribution in [0.2, 0.25) is 0 Å². The van der Waals surface area contributed by atoms with Crippen LogP contribution in [0.5, 0.6) is 0 Å². The van der Waals surface area contributed by atoms with Gasteiger partial charge >= 0.3 is 0 Å². The highest BCUT2D eigenvalue weighted by molar-refractivity contribution is 7.98. The molecular weight excluding hydrogens is 513 g/mol. The van der Waals surface area contributed by atoms with Gasteiger partial charge in [0.2, 0.25) is 0 Å². The third-order valence-corrected chi connectivity index (χ3v) is 11.7. The molecule has 2 N–H and O–H groups in total. The van der Waals surface area contributed by atoms with Gasteiger partial charge in [-0.15, -0.1) is 11.6 Å². The van der Waals surface area contributed by atoms with Gasteiger partial charge < -0.3 is 10.2 Å². The van der Waals surface area contributed by atoms with Gasteiger partial charge in [-0.25, -0.2) is 4.39 Å². The first-order valence-electron chi connectivity index (χ1n) is 16.0. The quantitative estimate of drug-likeness (QED) is 0.150. The number of hydrogen-bond donors (Lipinski definition) is 2. The van der Waals surface area contributed by atoms with Gasteiger partial charge in [-0.3, -0.25) is 4.72 Å². The predicted octanol–water partition coefficient (Wildman–Crippen LogP) is 7.99. The van der Waals surface area contributed by atoms with Crippen molar-refractivity contribution in [3.8, 4) is 0 Å². The van der Waals surface area contributed by atoms with E-state index in [0.717, 1.165) is 62.8 Å². The summed E-state index contributed by atoms with van der Waals surface area (Å²) < 4.78 is 17.1. The van der Waals surface area contributed by atoms with Gasteiger partial charge in [-0.1, -0.05) is 57.7 Å². The van der Waals surface area contributed by atoms with Gasteiger partial charge in [-0.2, -0.15) is 0 Å². The van der Waals surface area contributed by atoms with E-state index in [1.165, 1.54) is 64.7 Å². The fourth-order valence-electron chi connectivity index (χ4n) is 7.75. The summed E-state index contributed by atoms with van der Waals surface area (Å²) in [6.45, 7) is 15.7. The van der Waals surface area contributed by atoms with Gasteiger partial charge in [0.25, 0.3) is 0 Å². The number of hydrogen-bond acceptors (Lipinski definition) is 4. The molecule has 5 atom stereocenters. The van der Waals surface area contributed by atoms with Crippen LogP contribution in [0.1, 0.15) is 105 Å². The van der Waals surface area contributed by atoms with E-state index < -0.39 is 6.17 Å².